The Morgan fingerprint density at radius 2 is 2.17 bits per heavy atom. The van der Waals surface area contributed by atoms with Crippen molar-refractivity contribution in [3.63, 3.8) is 0 Å². The first-order chi connectivity index (χ1) is 8.78. The van der Waals surface area contributed by atoms with E-state index in [1.807, 2.05) is 24.3 Å². The van der Waals surface area contributed by atoms with Gasteiger partial charge >= 0.3 is 5.97 Å². The van der Waals surface area contributed by atoms with E-state index < -0.39 is 0 Å². The number of benzene rings is 1. The van der Waals surface area contributed by atoms with Gasteiger partial charge in [0.2, 0.25) is 0 Å². The van der Waals surface area contributed by atoms with Crippen molar-refractivity contribution in [3.8, 4) is 5.75 Å². The van der Waals surface area contributed by atoms with Crippen LogP contribution in [0.15, 0.2) is 24.3 Å². The molecule has 1 atom stereocenters. The Balaban J connectivity index is 1.88. The van der Waals surface area contributed by atoms with Crippen molar-refractivity contribution in [2.75, 3.05) is 20.2 Å². The van der Waals surface area contributed by atoms with Crippen LogP contribution in [-0.4, -0.2) is 32.3 Å². The predicted octanol–water partition coefficient (Wildman–Crippen LogP) is 1.53. The van der Waals surface area contributed by atoms with Crippen molar-refractivity contribution < 1.29 is 14.3 Å². The van der Waals surface area contributed by atoms with Gasteiger partial charge in [-0.15, -0.1) is 0 Å². The highest BCUT2D eigenvalue weighted by molar-refractivity contribution is 5.72. The summed E-state index contributed by atoms with van der Waals surface area (Å²) in [4.78, 5) is 11.1. The second-order valence-electron chi connectivity index (χ2n) is 4.48. The maximum atomic E-state index is 11.1. The average Bonchev–Trinajstić information content (AvgIpc) is 2.42. The van der Waals surface area contributed by atoms with Gasteiger partial charge in [0, 0.05) is 6.54 Å². The van der Waals surface area contributed by atoms with Gasteiger partial charge in [0.25, 0.3) is 0 Å². The lowest BCUT2D eigenvalue weighted by molar-refractivity contribution is -0.139. The fourth-order valence-electron chi connectivity index (χ4n) is 2.04. The van der Waals surface area contributed by atoms with Gasteiger partial charge in [-0.25, -0.2) is 0 Å². The Kier molecular flexibility index (Phi) is 4.59. The molecule has 1 aliphatic rings. The number of hydrogen-bond donors (Lipinski definition) is 1. The van der Waals surface area contributed by atoms with E-state index in [2.05, 4.69) is 10.1 Å². The van der Waals surface area contributed by atoms with Crippen LogP contribution in [0.25, 0.3) is 0 Å². The Morgan fingerprint density at radius 3 is 2.78 bits per heavy atom. The fraction of sp³-hybridized carbons (Fsp3) is 0.500. The summed E-state index contributed by atoms with van der Waals surface area (Å²) >= 11 is 0. The molecule has 1 aromatic rings. The molecule has 0 saturated carbocycles. The number of methoxy groups -OCH3 is 1. The zero-order valence-electron chi connectivity index (χ0n) is 10.6. The maximum absolute atomic E-state index is 11.1. The largest absolute Gasteiger partial charge is 0.489 e. The first kappa shape index (κ1) is 12.9. The van der Waals surface area contributed by atoms with E-state index in [0.717, 1.165) is 37.2 Å². The van der Waals surface area contributed by atoms with E-state index in [9.17, 15) is 4.79 Å². The lowest BCUT2D eigenvalue weighted by Crippen LogP contribution is -2.37. The first-order valence-corrected chi connectivity index (χ1v) is 6.31. The number of carbonyl (C=O) groups excluding carboxylic acids is 1. The number of rotatable bonds is 4. The van der Waals surface area contributed by atoms with Crippen molar-refractivity contribution >= 4 is 5.97 Å². The third kappa shape index (κ3) is 3.74. The van der Waals surface area contributed by atoms with Crippen LogP contribution in [-0.2, 0) is 16.0 Å². The van der Waals surface area contributed by atoms with Crippen LogP contribution in [0.2, 0.25) is 0 Å². The molecule has 18 heavy (non-hydrogen) atoms. The van der Waals surface area contributed by atoms with E-state index in [4.69, 9.17) is 4.74 Å². The van der Waals surface area contributed by atoms with Crippen molar-refractivity contribution in [3.05, 3.63) is 29.8 Å². The minimum absolute atomic E-state index is 0.222. The third-order valence-corrected chi connectivity index (χ3v) is 3.05. The number of ether oxygens (including phenoxy) is 2. The number of nitrogens with one attached hydrogen (secondary N) is 1. The molecule has 1 aromatic carbocycles. The average molecular weight is 249 g/mol. The molecule has 0 amide bonds. The maximum Gasteiger partial charge on any atom is 0.309 e. The molecule has 4 nitrogen and oxygen atoms in total. The Hall–Kier alpha value is -1.55. The Labute approximate surface area is 107 Å². The molecular weight excluding hydrogens is 230 g/mol. The number of hydrogen-bond acceptors (Lipinski definition) is 4. The highest BCUT2D eigenvalue weighted by atomic mass is 16.5. The second-order valence-corrected chi connectivity index (χ2v) is 4.48. The standard InChI is InChI=1S/C14H19NO3/c1-17-14(16)9-11-4-6-12(7-5-11)18-13-3-2-8-15-10-13/h4-7,13,15H,2-3,8-10H2,1H3/t13-/m0/s1. The van der Waals surface area contributed by atoms with Gasteiger partial charge in [0.05, 0.1) is 13.5 Å². The molecule has 0 spiro atoms. The van der Waals surface area contributed by atoms with Gasteiger partial charge in [0.1, 0.15) is 11.9 Å². The topological polar surface area (TPSA) is 47.6 Å². The molecule has 1 aliphatic heterocycles. The molecule has 0 aliphatic carbocycles. The fourth-order valence-corrected chi connectivity index (χ4v) is 2.04. The van der Waals surface area contributed by atoms with Gasteiger partial charge in [-0.1, -0.05) is 12.1 Å². The predicted molar refractivity (Wildman–Crippen MR) is 68.7 cm³/mol. The molecule has 1 saturated heterocycles. The van der Waals surface area contributed by atoms with Gasteiger partial charge in [-0.05, 0) is 37.1 Å². The minimum Gasteiger partial charge on any atom is -0.489 e. The van der Waals surface area contributed by atoms with Crippen molar-refractivity contribution in [2.24, 2.45) is 0 Å². The van der Waals surface area contributed by atoms with Crippen LogP contribution < -0.4 is 10.1 Å². The molecule has 1 fully saturated rings. The summed E-state index contributed by atoms with van der Waals surface area (Å²) in [6.07, 6.45) is 2.81. The molecule has 2 rings (SSSR count). The Bertz CT molecular complexity index is 383. The number of piperidine rings is 1. The van der Waals surface area contributed by atoms with Crippen molar-refractivity contribution in [2.45, 2.75) is 25.4 Å². The lowest BCUT2D eigenvalue weighted by Gasteiger charge is -2.23. The summed E-state index contributed by atoms with van der Waals surface area (Å²) in [6, 6.07) is 7.63. The van der Waals surface area contributed by atoms with Gasteiger partial charge in [-0.3, -0.25) is 4.79 Å². The molecule has 0 aromatic heterocycles. The SMILES string of the molecule is COC(=O)Cc1ccc(O[C@H]2CCCNC2)cc1. The summed E-state index contributed by atoms with van der Waals surface area (Å²) in [5.74, 6) is 0.637. The van der Waals surface area contributed by atoms with E-state index in [1.54, 1.807) is 0 Å². The molecule has 0 unspecified atom stereocenters. The minimum atomic E-state index is -0.222. The monoisotopic (exact) mass is 249 g/mol. The molecule has 98 valence electrons. The molecule has 1 heterocycles. The van der Waals surface area contributed by atoms with Crippen molar-refractivity contribution in [1.29, 1.82) is 0 Å². The first-order valence-electron chi connectivity index (χ1n) is 6.31. The van der Waals surface area contributed by atoms with E-state index >= 15 is 0 Å². The zero-order valence-corrected chi connectivity index (χ0v) is 10.6. The van der Waals surface area contributed by atoms with E-state index in [-0.39, 0.29) is 12.1 Å². The lowest BCUT2D eigenvalue weighted by atomic mass is 10.1. The number of esters is 1. The van der Waals surface area contributed by atoms with Crippen molar-refractivity contribution in [1.82, 2.24) is 5.32 Å². The quantitative estimate of drug-likeness (QED) is 0.822. The highest BCUT2D eigenvalue weighted by Crippen LogP contribution is 2.17. The smallest absolute Gasteiger partial charge is 0.309 e. The molecule has 1 N–H and O–H groups in total. The van der Waals surface area contributed by atoms with Crippen LogP contribution >= 0.6 is 0 Å². The summed E-state index contributed by atoms with van der Waals surface area (Å²) in [7, 11) is 1.40. The normalized spacial score (nSPS) is 19.3. The van der Waals surface area contributed by atoms with Gasteiger partial charge in [0.15, 0.2) is 0 Å². The van der Waals surface area contributed by atoms with Crippen LogP contribution in [0.1, 0.15) is 18.4 Å². The van der Waals surface area contributed by atoms with Gasteiger partial charge < -0.3 is 14.8 Å². The van der Waals surface area contributed by atoms with Crippen LogP contribution in [0.3, 0.4) is 0 Å². The summed E-state index contributed by atoms with van der Waals surface area (Å²) < 4.78 is 10.5. The summed E-state index contributed by atoms with van der Waals surface area (Å²) in [5.41, 5.74) is 0.941. The summed E-state index contributed by atoms with van der Waals surface area (Å²) in [5, 5.41) is 3.31. The van der Waals surface area contributed by atoms with Crippen LogP contribution in [0.4, 0.5) is 0 Å². The highest BCUT2D eigenvalue weighted by Gasteiger charge is 2.14. The summed E-state index contributed by atoms with van der Waals surface area (Å²) in [6.45, 7) is 1.99. The van der Waals surface area contributed by atoms with Gasteiger partial charge in [-0.2, -0.15) is 0 Å². The zero-order chi connectivity index (χ0) is 12.8. The van der Waals surface area contributed by atoms with E-state index in [0.29, 0.717) is 6.42 Å². The van der Waals surface area contributed by atoms with Crippen LogP contribution in [0.5, 0.6) is 5.75 Å². The Morgan fingerprint density at radius 1 is 1.39 bits per heavy atom. The number of carbonyl (C=O) groups is 1. The molecule has 4 heteroatoms. The molecular formula is C14H19NO3. The third-order valence-electron chi connectivity index (χ3n) is 3.05. The second kappa shape index (κ2) is 6.40. The molecule has 0 bridgehead atoms. The molecule has 0 radical (unpaired) electrons. The van der Waals surface area contributed by atoms with Crippen LogP contribution in [0, 0.1) is 0 Å². The van der Waals surface area contributed by atoms with E-state index in [1.165, 1.54) is 7.11 Å².